The first-order valence-electron chi connectivity index (χ1n) is 8.92. The number of hydrogen-bond acceptors (Lipinski definition) is 8. The molecular weight excluding hydrogens is 426 g/mol. The van der Waals surface area contributed by atoms with Gasteiger partial charge in [0.05, 0.1) is 18.1 Å². The summed E-state index contributed by atoms with van der Waals surface area (Å²) in [5, 5.41) is 5.72. The van der Waals surface area contributed by atoms with Crippen LogP contribution in [0.3, 0.4) is 0 Å². The Hall–Kier alpha value is -3.12. The Labute approximate surface area is 179 Å². The van der Waals surface area contributed by atoms with Crippen molar-refractivity contribution in [1.29, 1.82) is 0 Å². The third-order valence-corrected chi connectivity index (χ3v) is 4.91. The van der Waals surface area contributed by atoms with E-state index in [0.717, 1.165) is 16.1 Å². The predicted molar refractivity (Wildman–Crippen MR) is 121 cm³/mol. The van der Waals surface area contributed by atoms with Gasteiger partial charge in [0, 0.05) is 12.2 Å². The highest BCUT2D eigenvalue weighted by molar-refractivity contribution is 7.92. The molecular formula is C18H21N7O3S2. The molecule has 30 heavy (non-hydrogen) atoms. The number of carbonyl (C=O) groups excluding carboxylic acids is 1. The number of nitrogens with zero attached hydrogens (tertiary/aromatic N) is 4. The van der Waals surface area contributed by atoms with E-state index >= 15 is 0 Å². The number of carbonyl (C=O) groups is 1. The number of benzene rings is 1. The van der Waals surface area contributed by atoms with Crippen LogP contribution in [0.5, 0.6) is 0 Å². The lowest BCUT2D eigenvalue weighted by molar-refractivity contribution is 0.250. The minimum absolute atomic E-state index is 0.304. The molecule has 158 valence electrons. The largest absolute Gasteiger partial charge is 0.339 e. The van der Waals surface area contributed by atoms with E-state index in [4.69, 9.17) is 0 Å². The van der Waals surface area contributed by atoms with Crippen LogP contribution in [0.2, 0.25) is 0 Å². The van der Waals surface area contributed by atoms with Gasteiger partial charge in [-0.15, -0.1) is 0 Å². The maximum absolute atomic E-state index is 11.9. The summed E-state index contributed by atoms with van der Waals surface area (Å²) in [5.74, 6) is 0.711. The number of amides is 2. The fourth-order valence-electron chi connectivity index (χ4n) is 2.55. The summed E-state index contributed by atoms with van der Waals surface area (Å²) >= 11 is 4.17. The van der Waals surface area contributed by atoms with Gasteiger partial charge in [-0.3, -0.25) is 4.72 Å². The molecule has 0 fully saturated rings. The molecule has 0 spiro atoms. The van der Waals surface area contributed by atoms with Crippen molar-refractivity contribution in [3.63, 3.8) is 0 Å². The Kier molecular flexibility index (Phi) is 6.27. The zero-order valence-corrected chi connectivity index (χ0v) is 18.3. The summed E-state index contributed by atoms with van der Waals surface area (Å²) in [6.45, 7) is 4.07. The number of aromatic nitrogens is 3. The van der Waals surface area contributed by atoms with Crippen molar-refractivity contribution in [1.82, 2.24) is 20.3 Å². The number of aryl methyl sites for hydroxylation is 1. The van der Waals surface area contributed by atoms with Crippen LogP contribution in [0, 0.1) is 6.92 Å². The van der Waals surface area contributed by atoms with Gasteiger partial charge in [0.15, 0.2) is 11.5 Å². The van der Waals surface area contributed by atoms with Crippen molar-refractivity contribution in [2.24, 2.45) is 0 Å². The fraction of sp³-hybridized carbons (Fsp3) is 0.222. The molecule has 10 nitrogen and oxygen atoms in total. The van der Waals surface area contributed by atoms with Crippen LogP contribution in [-0.4, -0.2) is 42.2 Å². The highest BCUT2D eigenvalue weighted by atomic mass is 32.2. The lowest BCUT2D eigenvalue weighted by Gasteiger charge is -2.15. The Morgan fingerprint density at radius 1 is 1.20 bits per heavy atom. The first kappa shape index (κ1) is 21.6. The Morgan fingerprint density at radius 3 is 2.67 bits per heavy atom. The SMILES string of the molecule is CCNC(=O)N(S)c1ccc2ncc(Nc3ccc(C)c(NS(C)(=O)=O)c3)nc2n1. The van der Waals surface area contributed by atoms with E-state index in [2.05, 4.69) is 43.1 Å². The second kappa shape index (κ2) is 8.71. The average molecular weight is 448 g/mol. The number of rotatable bonds is 6. The predicted octanol–water partition coefficient (Wildman–Crippen LogP) is 2.83. The molecule has 3 aromatic rings. The molecule has 0 atom stereocenters. The van der Waals surface area contributed by atoms with E-state index in [-0.39, 0.29) is 0 Å². The van der Waals surface area contributed by atoms with Crippen LogP contribution in [0.1, 0.15) is 12.5 Å². The summed E-state index contributed by atoms with van der Waals surface area (Å²) in [6, 6.07) is 8.15. The van der Waals surface area contributed by atoms with E-state index in [1.807, 2.05) is 0 Å². The number of urea groups is 1. The summed E-state index contributed by atoms with van der Waals surface area (Å²) in [5.41, 5.74) is 2.73. The molecule has 3 rings (SSSR count). The molecule has 0 aliphatic carbocycles. The molecule has 2 amide bonds. The second-order valence-corrected chi connectivity index (χ2v) is 8.59. The normalized spacial score (nSPS) is 11.2. The monoisotopic (exact) mass is 447 g/mol. The zero-order chi connectivity index (χ0) is 21.9. The molecule has 0 bridgehead atoms. The first-order valence-corrected chi connectivity index (χ1v) is 11.2. The topological polar surface area (TPSA) is 129 Å². The van der Waals surface area contributed by atoms with Crippen molar-refractivity contribution in [2.75, 3.05) is 27.1 Å². The third kappa shape index (κ3) is 5.27. The van der Waals surface area contributed by atoms with Crippen molar-refractivity contribution < 1.29 is 13.2 Å². The summed E-state index contributed by atoms with van der Waals surface area (Å²) in [7, 11) is -3.40. The molecule has 1 aromatic carbocycles. The molecule has 0 saturated heterocycles. The smallest absolute Gasteiger partial charge is 0.333 e. The molecule has 3 N–H and O–H groups in total. The van der Waals surface area contributed by atoms with Crippen molar-refractivity contribution in [3.8, 4) is 0 Å². The van der Waals surface area contributed by atoms with Gasteiger partial charge in [-0.1, -0.05) is 18.9 Å². The number of thiol groups is 1. The molecule has 0 aliphatic rings. The van der Waals surface area contributed by atoms with E-state index < -0.39 is 16.1 Å². The van der Waals surface area contributed by atoms with Crippen LogP contribution in [0.15, 0.2) is 36.5 Å². The maximum atomic E-state index is 11.9. The minimum Gasteiger partial charge on any atom is -0.339 e. The maximum Gasteiger partial charge on any atom is 0.333 e. The Morgan fingerprint density at radius 2 is 1.97 bits per heavy atom. The molecule has 0 unspecified atom stereocenters. The van der Waals surface area contributed by atoms with Crippen molar-refractivity contribution in [2.45, 2.75) is 13.8 Å². The van der Waals surface area contributed by atoms with Gasteiger partial charge in [0.1, 0.15) is 11.3 Å². The number of pyridine rings is 1. The fourth-order valence-corrected chi connectivity index (χ4v) is 3.35. The number of fused-ring (bicyclic) bond motifs is 1. The number of sulfonamides is 1. The highest BCUT2D eigenvalue weighted by Gasteiger charge is 2.14. The molecule has 0 saturated carbocycles. The second-order valence-electron chi connectivity index (χ2n) is 6.44. The molecule has 0 radical (unpaired) electrons. The zero-order valence-electron chi connectivity index (χ0n) is 16.5. The van der Waals surface area contributed by atoms with E-state index in [1.54, 1.807) is 44.2 Å². The van der Waals surface area contributed by atoms with E-state index in [9.17, 15) is 13.2 Å². The van der Waals surface area contributed by atoms with Gasteiger partial charge < -0.3 is 10.6 Å². The minimum atomic E-state index is -3.40. The van der Waals surface area contributed by atoms with Crippen LogP contribution in [0.4, 0.5) is 27.8 Å². The summed E-state index contributed by atoms with van der Waals surface area (Å²) in [6.07, 6.45) is 2.63. The molecule has 2 heterocycles. The molecule has 12 heteroatoms. The Balaban J connectivity index is 1.88. The van der Waals surface area contributed by atoms with E-state index in [0.29, 0.717) is 40.7 Å². The number of hydrogen-bond donors (Lipinski definition) is 4. The standard InChI is InChI=1S/C18H21N7O3S2/c1-4-19-18(26)25(29)16-8-7-13-17(23-16)22-15(10-20-13)21-12-6-5-11(2)14(9-12)24-30(3,27)28/h5-10,24,29H,4H2,1-3H3,(H,19,26)(H,21,22,23). The first-order chi connectivity index (χ1) is 14.2. The van der Waals surface area contributed by atoms with Gasteiger partial charge >= 0.3 is 6.03 Å². The highest BCUT2D eigenvalue weighted by Crippen LogP contribution is 2.24. The molecule has 2 aromatic heterocycles. The number of nitrogens with one attached hydrogen (secondary N) is 3. The number of anilines is 4. The lowest BCUT2D eigenvalue weighted by atomic mass is 10.2. The van der Waals surface area contributed by atoms with Crippen molar-refractivity contribution >= 4 is 63.0 Å². The average Bonchev–Trinajstić information content (AvgIpc) is 2.68. The summed E-state index contributed by atoms with van der Waals surface area (Å²) < 4.78 is 26.7. The lowest BCUT2D eigenvalue weighted by Crippen LogP contribution is -2.34. The van der Waals surface area contributed by atoms with Crippen LogP contribution in [0.25, 0.3) is 11.2 Å². The Bertz CT molecular complexity index is 1200. The van der Waals surface area contributed by atoms with Gasteiger partial charge in [-0.2, -0.15) is 0 Å². The van der Waals surface area contributed by atoms with Crippen LogP contribution < -0.4 is 19.7 Å². The van der Waals surface area contributed by atoms with Crippen molar-refractivity contribution in [3.05, 3.63) is 42.1 Å². The van der Waals surface area contributed by atoms with Crippen LogP contribution in [-0.2, 0) is 10.0 Å². The van der Waals surface area contributed by atoms with Gasteiger partial charge in [0.25, 0.3) is 0 Å². The van der Waals surface area contributed by atoms with Gasteiger partial charge in [0.2, 0.25) is 10.0 Å². The quantitative estimate of drug-likeness (QED) is 0.428. The van der Waals surface area contributed by atoms with Crippen LogP contribution >= 0.6 is 12.8 Å². The van der Waals surface area contributed by atoms with Gasteiger partial charge in [-0.25, -0.2) is 32.5 Å². The van der Waals surface area contributed by atoms with E-state index in [1.165, 1.54) is 6.20 Å². The summed E-state index contributed by atoms with van der Waals surface area (Å²) in [4.78, 5) is 25.0. The molecule has 0 aliphatic heterocycles. The third-order valence-electron chi connectivity index (χ3n) is 3.93. The van der Waals surface area contributed by atoms with Gasteiger partial charge in [-0.05, 0) is 43.7 Å².